The van der Waals surface area contributed by atoms with Crippen LogP contribution in [0, 0.1) is 0 Å². The molecule has 3 aliphatic heterocycles. The Morgan fingerprint density at radius 3 is 2.87 bits per heavy atom. The molecule has 2 N–H and O–H groups in total. The van der Waals surface area contributed by atoms with Crippen LogP contribution in [0.15, 0.2) is 35.9 Å². The Bertz CT molecular complexity index is 1170. The van der Waals surface area contributed by atoms with E-state index >= 15 is 0 Å². The Labute approximate surface area is 227 Å². The summed E-state index contributed by atoms with van der Waals surface area (Å²) in [4.78, 5) is 37.8. The fourth-order valence-corrected chi connectivity index (χ4v) is 6.08. The van der Waals surface area contributed by atoms with Crippen molar-refractivity contribution in [2.75, 3.05) is 70.3 Å². The van der Waals surface area contributed by atoms with Crippen LogP contribution in [0.3, 0.4) is 0 Å². The molecule has 0 saturated carbocycles. The zero-order chi connectivity index (χ0) is 26.5. The number of piperazine rings is 1. The molecule has 0 bridgehead atoms. The van der Waals surface area contributed by atoms with E-state index in [1.165, 1.54) is 11.3 Å². The van der Waals surface area contributed by atoms with Crippen LogP contribution in [-0.2, 0) is 16.0 Å². The molecule has 2 amide bonds. The van der Waals surface area contributed by atoms with Gasteiger partial charge in [-0.25, -0.2) is 4.98 Å². The summed E-state index contributed by atoms with van der Waals surface area (Å²) in [6.45, 7) is 6.16. The van der Waals surface area contributed by atoms with Gasteiger partial charge in [0.25, 0.3) is 11.8 Å². The number of rotatable bonds is 10. The van der Waals surface area contributed by atoms with Crippen molar-refractivity contribution in [3.8, 4) is 0 Å². The number of carbonyl (C=O) groups is 2. The molecule has 3 aliphatic rings. The van der Waals surface area contributed by atoms with Crippen LogP contribution < -0.4 is 15.5 Å². The molecule has 0 radical (unpaired) electrons. The van der Waals surface area contributed by atoms with Crippen molar-refractivity contribution < 1.29 is 19.1 Å². The number of hydrogen-bond donors (Lipinski definition) is 2. The maximum absolute atomic E-state index is 13.1. The van der Waals surface area contributed by atoms with E-state index in [2.05, 4.69) is 42.6 Å². The highest BCUT2D eigenvalue weighted by Crippen LogP contribution is 2.27. The lowest BCUT2D eigenvalue weighted by Crippen LogP contribution is -2.48. The van der Waals surface area contributed by atoms with Gasteiger partial charge < -0.3 is 29.9 Å². The minimum atomic E-state index is -0.335. The molecule has 11 heteroatoms. The molecule has 2 fully saturated rings. The maximum Gasteiger partial charge on any atom is 0.275 e. The van der Waals surface area contributed by atoms with E-state index in [9.17, 15) is 9.59 Å². The van der Waals surface area contributed by atoms with Gasteiger partial charge in [-0.15, -0.1) is 11.3 Å². The lowest BCUT2D eigenvalue weighted by molar-refractivity contribution is 0.0937. The summed E-state index contributed by atoms with van der Waals surface area (Å²) >= 11 is 1.44. The Morgan fingerprint density at radius 2 is 2.05 bits per heavy atom. The summed E-state index contributed by atoms with van der Waals surface area (Å²) in [5.41, 5.74) is 2.28. The van der Waals surface area contributed by atoms with Crippen LogP contribution >= 0.6 is 11.3 Å². The summed E-state index contributed by atoms with van der Waals surface area (Å²) in [6, 6.07) is 6.23. The molecule has 1 aromatic heterocycles. The molecule has 4 heterocycles. The third kappa shape index (κ3) is 6.17. The molecule has 2 atom stereocenters. The fraction of sp³-hybridized carbons (Fsp3) is 0.519. The highest BCUT2D eigenvalue weighted by Gasteiger charge is 2.28. The van der Waals surface area contributed by atoms with Gasteiger partial charge in [-0.1, -0.05) is 12.1 Å². The van der Waals surface area contributed by atoms with Gasteiger partial charge in [0.2, 0.25) is 0 Å². The molecular weight excluding hydrogens is 504 g/mol. The van der Waals surface area contributed by atoms with Gasteiger partial charge in [-0.2, -0.15) is 0 Å². The first-order valence-corrected chi connectivity index (χ1v) is 14.0. The lowest BCUT2D eigenvalue weighted by Gasteiger charge is -2.38. The number of amides is 2. The number of fused-ring (bicyclic) bond motifs is 1. The second-order valence-corrected chi connectivity index (χ2v) is 10.8. The molecule has 0 spiro atoms. The average Bonchev–Trinajstić information content (AvgIpc) is 3.70. The van der Waals surface area contributed by atoms with Crippen molar-refractivity contribution in [3.63, 3.8) is 0 Å². The molecule has 10 nitrogen and oxygen atoms in total. The largest absolute Gasteiger partial charge is 0.383 e. The van der Waals surface area contributed by atoms with Gasteiger partial charge in [0.15, 0.2) is 5.13 Å². The number of aromatic nitrogens is 1. The van der Waals surface area contributed by atoms with Gasteiger partial charge in [0.1, 0.15) is 5.69 Å². The molecule has 0 aliphatic carbocycles. The molecule has 2 unspecified atom stereocenters. The topological polar surface area (TPSA) is 99.3 Å². The van der Waals surface area contributed by atoms with Crippen molar-refractivity contribution in [3.05, 3.63) is 52.7 Å². The zero-order valence-corrected chi connectivity index (χ0v) is 22.8. The number of anilines is 2. The van der Waals surface area contributed by atoms with Crippen LogP contribution in [0.5, 0.6) is 0 Å². The van der Waals surface area contributed by atoms with Crippen LogP contribution in [0.2, 0.25) is 0 Å². The Hall–Kier alpha value is -2.99. The highest BCUT2D eigenvalue weighted by molar-refractivity contribution is 7.14. The fourth-order valence-electron chi connectivity index (χ4n) is 5.24. The second kappa shape index (κ2) is 12.2. The van der Waals surface area contributed by atoms with Crippen molar-refractivity contribution in [1.82, 2.24) is 20.1 Å². The molecule has 204 valence electrons. The number of nitrogens with one attached hydrogen (secondary N) is 2. The Balaban J connectivity index is 1.28. The molecule has 2 saturated heterocycles. The summed E-state index contributed by atoms with van der Waals surface area (Å²) in [6.07, 6.45) is 6.65. The van der Waals surface area contributed by atoms with Gasteiger partial charge >= 0.3 is 0 Å². The minimum absolute atomic E-state index is 0.188. The van der Waals surface area contributed by atoms with Crippen molar-refractivity contribution in [1.29, 1.82) is 0 Å². The van der Waals surface area contributed by atoms with Gasteiger partial charge in [-0.3, -0.25) is 14.5 Å². The van der Waals surface area contributed by atoms with Crippen LogP contribution in [0.1, 0.15) is 39.3 Å². The monoisotopic (exact) mass is 540 g/mol. The van der Waals surface area contributed by atoms with Gasteiger partial charge in [0, 0.05) is 71.5 Å². The van der Waals surface area contributed by atoms with Crippen molar-refractivity contribution >= 4 is 34.0 Å². The molecule has 2 aromatic rings. The lowest BCUT2D eigenvalue weighted by atomic mass is 10.1. The van der Waals surface area contributed by atoms with E-state index in [4.69, 9.17) is 9.47 Å². The number of ether oxygens (including phenoxy) is 2. The van der Waals surface area contributed by atoms with E-state index in [1.54, 1.807) is 19.6 Å². The molecule has 38 heavy (non-hydrogen) atoms. The van der Waals surface area contributed by atoms with Crippen LogP contribution in [0.4, 0.5) is 10.8 Å². The quantitative estimate of drug-likeness (QED) is 0.444. The first-order chi connectivity index (χ1) is 18.5. The summed E-state index contributed by atoms with van der Waals surface area (Å²) in [5, 5.41) is 8.38. The summed E-state index contributed by atoms with van der Waals surface area (Å²) in [5.74, 6) is -0.579. The maximum atomic E-state index is 13.1. The van der Waals surface area contributed by atoms with E-state index in [0.717, 1.165) is 62.8 Å². The third-order valence-corrected chi connectivity index (χ3v) is 8.27. The average molecular weight is 541 g/mol. The second-order valence-electron chi connectivity index (χ2n) is 9.94. The SMILES string of the molecule is COCCNC(=O)c1cc(CN2CCN3C=CCC3C2)ccc1NC(=O)c1csc(N2CCC(OC)C2)n1. The first kappa shape index (κ1) is 26.6. The number of hydrogen-bond acceptors (Lipinski definition) is 9. The van der Waals surface area contributed by atoms with Crippen LogP contribution in [-0.4, -0.2) is 98.8 Å². The first-order valence-electron chi connectivity index (χ1n) is 13.1. The van der Waals surface area contributed by atoms with E-state index in [1.807, 2.05) is 18.2 Å². The summed E-state index contributed by atoms with van der Waals surface area (Å²) < 4.78 is 10.5. The molecular formula is C27H36N6O4S. The zero-order valence-electron chi connectivity index (χ0n) is 22.0. The van der Waals surface area contributed by atoms with Crippen molar-refractivity contribution in [2.24, 2.45) is 0 Å². The number of methoxy groups -OCH3 is 2. The Kier molecular flexibility index (Phi) is 8.58. The normalized spacial score (nSPS) is 21.1. The Morgan fingerprint density at radius 1 is 1.16 bits per heavy atom. The standard InChI is InChI=1S/C27H36N6O4S/c1-36-13-8-28-25(34)22-14-19(15-31-11-12-32-9-3-4-20(32)16-31)5-6-23(22)29-26(35)24-18-38-27(30-24)33-10-7-21(17-33)37-2/h3,5-6,9,14,18,20-21H,4,7-8,10-13,15-17H2,1-2H3,(H,28,34)(H,29,35). The number of benzene rings is 1. The third-order valence-electron chi connectivity index (χ3n) is 7.37. The molecule has 5 rings (SSSR count). The van der Waals surface area contributed by atoms with Gasteiger partial charge in [0.05, 0.1) is 24.0 Å². The van der Waals surface area contributed by atoms with Crippen LogP contribution in [0.25, 0.3) is 0 Å². The summed E-state index contributed by atoms with van der Waals surface area (Å²) in [7, 11) is 3.31. The number of nitrogens with zero attached hydrogens (tertiary/aromatic N) is 4. The van der Waals surface area contributed by atoms with Crippen molar-refractivity contribution in [2.45, 2.75) is 31.5 Å². The smallest absolute Gasteiger partial charge is 0.275 e. The predicted octanol–water partition coefficient (Wildman–Crippen LogP) is 2.40. The predicted molar refractivity (Wildman–Crippen MR) is 148 cm³/mol. The van der Waals surface area contributed by atoms with E-state index in [0.29, 0.717) is 36.1 Å². The van der Waals surface area contributed by atoms with E-state index in [-0.39, 0.29) is 17.9 Å². The minimum Gasteiger partial charge on any atom is -0.383 e. The molecule has 1 aromatic carbocycles. The number of carbonyl (C=O) groups excluding carboxylic acids is 2. The van der Waals surface area contributed by atoms with E-state index < -0.39 is 0 Å². The highest BCUT2D eigenvalue weighted by atomic mass is 32.1. The number of thiazole rings is 1. The van der Waals surface area contributed by atoms with Gasteiger partial charge in [-0.05, 0) is 36.7 Å².